The molecule has 3 nitrogen and oxygen atoms in total. The lowest BCUT2D eigenvalue weighted by Crippen LogP contribution is -2.28. The van der Waals surface area contributed by atoms with Gasteiger partial charge < -0.3 is 10.1 Å². The summed E-state index contributed by atoms with van der Waals surface area (Å²) in [5, 5.41) is 3.42. The van der Waals surface area contributed by atoms with Crippen LogP contribution in [0.4, 0.5) is 5.69 Å². The molecule has 0 heterocycles. The minimum absolute atomic E-state index is 0.0850. The quantitative estimate of drug-likeness (QED) is 0.685. The molecule has 4 heteroatoms. The van der Waals surface area contributed by atoms with Crippen LogP contribution in [-0.4, -0.2) is 24.0 Å². The average Bonchev–Trinajstić information content (AvgIpc) is 2.43. The van der Waals surface area contributed by atoms with E-state index in [4.69, 9.17) is 17.0 Å². The highest BCUT2D eigenvalue weighted by Crippen LogP contribution is 2.22. The van der Waals surface area contributed by atoms with Gasteiger partial charge >= 0.3 is 5.97 Å². The van der Waals surface area contributed by atoms with Crippen LogP contribution in [-0.2, 0) is 9.53 Å². The maximum Gasteiger partial charge on any atom is 0.337 e. The number of hydrogen-bond donors (Lipinski definition) is 1. The average molecular weight is 287 g/mol. The van der Waals surface area contributed by atoms with Gasteiger partial charge in [0, 0.05) is 10.6 Å². The summed E-state index contributed by atoms with van der Waals surface area (Å²) in [7, 11) is 1.36. The summed E-state index contributed by atoms with van der Waals surface area (Å²) in [6.45, 7) is 4.11. The van der Waals surface area contributed by atoms with E-state index in [1.54, 1.807) is 12.2 Å². The van der Waals surface area contributed by atoms with Gasteiger partial charge in [-0.05, 0) is 37.1 Å². The second kappa shape index (κ2) is 6.01. The molecule has 0 amide bonds. The maximum absolute atomic E-state index is 11.5. The number of benzene rings is 1. The molecular weight excluding hydrogens is 270 g/mol. The monoisotopic (exact) mass is 287 g/mol. The highest BCUT2D eigenvalue weighted by atomic mass is 32.1. The number of rotatable bonds is 3. The van der Waals surface area contributed by atoms with E-state index in [0.717, 1.165) is 5.69 Å². The van der Waals surface area contributed by atoms with Crippen LogP contribution in [0, 0.1) is 13.8 Å². The van der Waals surface area contributed by atoms with E-state index < -0.39 is 0 Å². The van der Waals surface area contributed by atoms with E-state index in [9.17, 15) is 4.79 Å². The number of aryl methyl sites for hydroxylation is 2. The Morgan fingerprint density at radius 3 is 2.50 bits per heavy atom. The van der Waals surface area contributed by atoms with Crippen LogP contribution < -0.4 is 5.32 Å². The summed E-state index contributed by atoms with van der Waals surface area (Å²) >= 11 is 5.36. The highest BCUT2D eigenvalue weighted by molar-refractivity contribution is 7.81. The number of anilines is 1. The zero-order valence-electron chi connectivity index (χ0n) is 11.8. The highest BCUT2D eigenvalue weighted by Gasteiger charge is 2.19. The zero-order valence-corrected chi connectivity index (χ0v) is 12.6. The molecule has 0 fully saturated rings. The molecule has 0 aromatic heterocycles. The predicted octanol–water partition coefficient (Wildman–Crippen LogP) is 3.12. The lowest BCUT2D eigenvalue weighted by molar-refractivity contribution is -0.135. The van der Waals surface area contributed by atoms with Gasteiger partial charge in [0.2, 0.25) is 0 Å². The summed E-state index contributed by atoms with van der Waals surface area (Å²) in [5.74, 6) is -0.367. The molecule has 1 aliphatic rings. The first-order valence-electron chi connectivity index (χ1n) is 6.37. The molecule has 1 aliphatic carbocycles. The number of hydrogen-bond acceptors (Lipinski definition) is 4. The fourth-order valence-electron chi connectivity index (χ4n) is 2.15. The van der Waals surface area contributed by atoms with Gasteiger partial charge in [0.05, 0.1) is 18.7 Å². The molecule has 0 spiro atoms. The third kappa shape index (κ3) is 2.96. The number of para-hydroxylation sites is 1. The number of carbonyl (C=O) groups excluding carboxylic acids is 1. The van der Waals surface area contributed by atoms with E-state index >= 15 is 0 Å². The Morgan fingerprint density at radius 1 is 1.30 bits per heavy atom. The van der Waals surface area contributed by atoms with Crippen molar-refractivity contribution in [2.24, 2.45) is 0 Å². The third-order valence-corrected chi connectivity index (χ3v) is 3.65. The van der Waals surface area contributed by atoms with E-state index in [1.165, 1.54) is 18.2 Å². The first-order chi connectivity index (χ1) is 9.52. The molecule has 0 radical (unpaired) electrons. The van der Waals surface area contributed by atoms with Crippen molar-refractivity contribution in [3.05, 3.63) is 53.1 Å². The number of carbonyl (C=O) groups is 1. The smallest absolute Gasteiger partial charge is 0.337 e. The van der Waals surface area contributed by atoms with Gasteiger partial charge in [0.25, 0.3) is 0 Å². The molecule has 0 saturated heterocycles. The fraction of sp³-hybridized carbons (Fsp3) is 0.250. The van der Waals surface area contributed by atoms with Crippen molar-refractivity contribution in [1.82, 2.24) is 0 Å². The Labute approximate surface area is 124 Å². The van der Waals surface area contributed by atoms with Gasteiger partial charge in [-0.15, -0.1) is 0 Å². The van der Waals surface area contributed by atoms with Gasteiger partial charge in [-0.25, -0.2) is 4.79 Å². The normalized spacial score (nSPS) is 17.6. The third-order valence-electron chi connectivity index (χ3n) is 3.27. The Morgan fingerprint density at radius 2 is 1.95 bits per heavy atom. The summed E-state index contributed by atoms with van der Waals surface area (Å²) in [4.78, 5) is 12.1. The van der Waals surface area contributed by atoms with Crippen molar-refractivity contribution in [2.45, 2.75) is 19.9 Å². The fourth-order valence-corrected chi connectivity index (χ4v) is 2.41. The summed E-state index contributed by atoms with van der Waals surface area (Å²) in [6.07, 6.45) is 5.32. The van der Waals surface area contributed by atoms with Crippen LogP contribution in [0.5, 0.6) is 0 Å². The minimum atomic E-state index is -0.367. The van der Waals surface area contributed by atoms with Crippen LogP contribution >= 0.6 is 12.2 Å². The van der Waals surface area contributed by atoms with Crippen LogP contribution in [0.15, 0.2) is 42.0 Å². The molecule has 1 unspecified atom stereocenters. The molecule has 0 saturated carbocycles. The Kier molecular flexibility index (Phi) is 4.35. The number of ether oxygens (including phenoxy) is 1. The molecule has 20 heavy (non-hydrogen) atoms. The maximum atomic E-state index is 11.5. The predicted molar refractivity (Wildman–Crippen MR) is 85.2 cm³/mol. The van der Waals surface area contributed by atoms with Gasteiger partial charge in [-0.1, -0.05) is 36.5 Å². The summed E-state index contributed by atoms with van der Waals surface area (Å²) in [5.41, 5.74) is 3.91. The SMILES string of the molecule is COC(=O)C1=CC(=S)C(Nc2c(C)cccc2C)C=C1. The van der Waals surface area contributed by atoms with Crippen LogP contribution in [0.2, 0.25) is 0 Å². The molecule has 0 bridgehead atoms. The van der Waals surface area contributed by atoms with Gasteiger partial charge in [0.1, 0.15) is 0 Å². The Hall–Kier alpha value is -1.94. The Bertz CT molecular complexity index is 597. The Balaban J connectivity index is 2.18. The van der Waals surface area contributed by atoms with E-state index in [1.807, 2.05) is 12.1 Å². The minimum Gasteiger partial charge on any atom is -0.465 e. The van der Waals surface area contributed by atoms with Gasteiger partial charge in [-0.3, -0.25) is 0 Å². The number of esters is 1. The largest absolute Gasteiger partial charge is 0.465 e. The van der Waals surface area contributed by atoms with Gasteiger partial charge in [-0.2, -0.15) is 0 Å². The molecule has 1 atom stereocenters. The second-order valence-corrected chi connectivity index (χ2v) is 5.21. The molecule has 2 rings (SSSR count). The van der Waals surface area contributed by atoms with Crippen LogP contribution in [0.3, 0.4) is 0 Å². The van der Waals surface area contributed by atoms with Crippen molar-refractivity contribution in [3.8, 4) is 0 Å². The number of nitrogens with one attached hydrogen (secondary N) is 1. The summed E-state index contributed by atoms with van der Waals surface area (Å²) in [6, 6.07) is 6.06. The lowest BCUT2D eigenvalue weighted by atomic mass is 10.0. The van der Waals surface area contributed by atoms with E-state index in [-0.39, 0.29) is 12.0 Å². The zero-order chi connectivity index (χ0) is 14.7. The molecule has 1 aromatic carbocycles. The van der Waals surface area contributed by atoms with Crippen molar-refractivity contribution >= 4 is 28.7 Å². The topological polar surface area (TPSA) is 38.3 Å². The molecule has 1 N–H and O–H groups in total. The molecule has 0 aliphatic heterocycles. The molecule has 1 aromatic rings. The van der Waals surface area contributed by atoms with E-state index in [0.29, 0.717) is 10.4 Å². The second-order valence-electron chi connectivity index (χ2n) is 4.74. The molecule has 104 valence electrons. The number of thiocarbonyl (C=S) groups is 1. The first kappa shape index (κ1) is 14.5. The van der Waals surface area contributed by atoms with Crippen molar-refractivity contribution in [3.63, 3.8) is 0 Å². The molecular formula is C16H17NO2S. The first-order valence-corrected chi connectivity index (χ1v) is 6.78. The number of methoxy groups -OCH3 is 1. The van der Waals surface area contributed by atoms with Crippen LogP contribution in [0.1, 0.15) is 11.1 Å². The van der Waals surface area contributed by atoms with Crippen LogP contribution in [0.25, 0.3) is 0 Å². The van der Waals surface area contributed by atoms with Crippen molar-refractivity contribution < 1.29 is 9.53 Å². The summed E-state index contributed by atoms with van der Waals surface area (Å²) < 4.78 is 4.69. The van der Waals surface area contributed by atoms with Crippen molar-refractivity contribution in [2.75, 3.05) is 12.4 Å². The van der Waals surface area contributed by atoms with E-state index in [2.05, 4.69) is 31.3 Å². The van der Waals surface area contributed by atoms with Crippen molar-refractivity contribution in [1.29, 1.82) is 0 Å². The lowest BCUT2D eigenvalue weighted by Gasteiger charge is -2.22. The standard InChI is InChI=1S/C16H17NO2S/c1-10-5-4-6-11(2)15(10)17-13-8-7-12(9-14(13)20)16(18)19-3/h4-9,13,17H,1-3H3. The van der Waals surface area contributed by atoms with Gasteiger partial charge in [0.15, 0.2) is 0 Å².